The molecule has 2 heterocycles. The summed E-state index contributed by atoms with van der Waals surface area (Å²) in [6.07, 6.45) is 0. The molecule has 1 N–H and O–H groups in total. The molecule has 0 aliphatic carbocycles. The first-order valence-corrected chi connectivity index (χ1v) is 12.5. The zero-order chi connectivity index (χ0) is 24.3. The molecule has 2 aromatic carbocycles. The molecular weight excluding hydrogens is 454 g/mol. The first-order chi connectivity index (χ1) is 16.3. The van der Waals surface area contributed by atoms with E-state index in [1.807, 2.05) is 23.1 Å². The van der Waals surface area contributed by atoms with Gasteiger partial charge in [0, 0.05) is 52.4 Å². The number of carbonyl (C=O) groups excluding carboxylic acids is 1. The Morgan fingerprint density at radius 2 is 1.76 bits per heavy atom. The molecule has 1 amide bonds. The highest BCUT2D eigenvalue weighted by Gasteiger charge is 2.26. The third kappa shape index (κ3) is 4.98. The summed E-state index contributed by atoms with van der Waals surface area (Å²) in [5.41, 5.74) is 2.70. The summed E-state index contributed by atoms with van der Waals surface area (Å²) in [6, 6.07) is 16.8. The van der Waals surface area contributed by atoms with Crippen LogP contribution < -0.4 is 4.74 Å². The van der Waals surface area contributed by atoms with Gasteiger partial charge in [-0.05, 0) is 29.8 Å². The fraction of sp³-hybridized carbons (Fsp3) is 0.333. The van der Waals surface area contributed by atoms with Gasteiger partial charge in [-0.15, -0.1) is 0 Å². The molecule has 10 heteroatoms. The van der Waals surface area contributed by atoms with Gasteiger partial charge in [0.05, 0.1) is 12.8 Å². The van der Waals surface area contributed by atoms with Gasteiger partial charge in [0.1, 0.15) is 16.3 Å². The van der Waals surface area contributed by atoms with Gasteiger partial charge in [-0.1, -0.05) is 30.3 Å². The first-order valence-electron chi connectivity index (χ1n) is 11.0. The van der Waals surface area contributed by atoms with Crippen LogP contribution >= 0.6 is 0 Å². The number of hydrogen-bond donors (Lipinski definition) is 1. The van der Waals surface area contributed by atoms with Crippen LogP contribution in [0, 0.1) is 0 Å². The van der Waals surface area contributed by atoms with Gasteiger partial charge in [0.25, 0.3) is 5.91 Å². The van der Waals surface area contributed by atoms with E-state index in [-0.39, 0.29) is 16.6 Å². The summed E-state index contributed by atoms with van der Waals surface area (Å²) in [5.74, 6) is 0.130. The fourth-order valence-electron chi connectivity index (χ4n) is 3.93. The second kappa shape index (κ2) is 9.96. The van der Waals surface area contributed by atoms with E-state index in [4.69, 9.17) is 4.74 Å². The van der Waals surface area contributed by atoms with Crippen molar-refractivity contribution in [1.29, 1.82) is 0 Å². The Morgan fingerprint density at radius 1 is 1.06 bits per heavy atom. The topological polar surface area (TPSA) is 98.8 Å². The first kappa shape index (κ1) is 23.9. The van der Waals surface area contributed by atoms with Gasteiger partial charge < -0.3 is 9.64 Å². The molecule has 0 atom stereocenters. The number of sulfonamides is 1. The van der Waals surface area contributed by atoms with E-state index in [2.05, 4.69) is 27.2 Å². The second-order valence-corrected chi connectivity index (χ2v) is 10.5. The van der Waals surface area contributed by atoms with Gasteiger partial charge >= 0.3 is 0 Å². The van der Waals surface area contributed by atoms with Crippen LogP contribution in [0.2, 0.25) is 0 Å². The van der Waals surface area contributed by atoms with Crippen LogP contribution in [0.5, 0.6) is 5.75 Å². The lowest BCUT2D eigenvalue weighted by Gasteiger charge is -2.34. The molecule has 9 nitrogen and oxygen atoms in total. The minimum Gasteiger partial charge on any atom is -0.495 e. The normalized spacial score (nSPS) is 15.0. The highest BCUT2D eigenvalue weighted by atomic mass is 32.2. The van der Waals surface area contributed by atoms with Gasteiger partial charge in [-0.25, -0.2) is 12.7 Å². The molecule has 4 rings (SSSR count). The Hall–Kier alpha value is -3.21. The zero-order valence-corrected chi connectivity index (χ0v) is 20.4. The Morgan fingerprint density at radius 3 is 2.41 bits per heavy atom. The molecule has 0 radical (unpaired) electrons. The lowest BCUT2D eigenvalue weighted by Crippen LogP contribution is -2.48. The van der Waals surface area contributed by atoms with Crippen LogP contribution in [0.4, 0.5) is 0 Å². The molecule has 34 heavy (non-hydrogen) atoms. The maximum atomic E-state index is 13.0. The Kier molecular flexibility index (Phi) is 7.01. The Labute approximate surface area is 200 Å². The van der Waals surface area contributed by atoms with E-state index < -0.39 is 10.0 Å². The van der Waals surface area contributed by atoms with Crippen LogP contribution in [-0.4, -0.2) is 86.0 Å². The summed E-state index contributed by atoms with van der Waals surface area (Å²) in [5, 5.41) is 7.08. The smallest absolute Gasteiger partial charge is 0.271 e. The summed E-state index contributed by atoms with van der Waals surface area (Å²) in [6.45, 7) is 3.73. The van der Waals surface area contributed by atoms with Crippen LogP contribution in [0.15, 0.2) is 59.5 Å². The molecule has 1 saturated heterocycles. The predicted molar refractivity (Wildman–Crippen MR) is 129 cm³/mol. The molecule has 3 aromatic rings. The van der Waals surface area contributed by atoms with Crippen molar-refractivity contribution in [2.75, 3.05) is 47.4 Å². The number of piperazine rings is 1. The molecule has 1 aromatic heterocycles. The van der Waals surface area contributed by atoms with Gasteiger partial charge in [-0.2, -0.15) is 5.10 Å². The maximum Gasteiger partial charge on any atom is 0.271 e. The molecular formula is C24H29N5O4S. The summed E-state index contributed by atoms with van der Waals surface area (Å²) in [4.78, 5) is 17.2. The average Bonchev–Trinajstić information content (AvgIpc) is 3.34. The third-order valence-corrected chi connectivity index (χ3v) is 7.77. The third-order valence-electron chi connectivity index (χ3n) is 5.93. The monoisotopic (exact) mass is 483 g/mol. The molecule has 1 fully saturated rings. The van der Waals surface area contributed by atoms with Crippen molar-refractivity contribution in [3.8, 4) is 17.0 Å². The molecule has 1 aliphatic rings. The Bertz CT molecular complexity index is 1250. The van der Waals surface area contributed by atoms with Crippen molar-refractivity contribution in [3.05, 3.63) is 65.9 Å². The van der Waals surface area contributed by atoms with E-state index in [9.17, 15) is 13.2 Å². The van der Waals surface area contributed by atoms with Crippen LogP contribution in [0.1, 0.15) is 16.1 Å². The number of H-pyrrole nitrogens is 1. The lowest BCUT2D eigenvalue weighted by molar-refractivity contribution is 0.0622. The Balaban J connectivity index is 1.46. The number of methoxy groups -OCH3 is 1. The minimum atomic E-state index is -3.71. The van der Waals surface area contributed by atoms with Crippen molar-refractivity contribution in [2.24, 2.45) is 0 Å². The van der Waals surface area contributed by atoms with Gasteiger partial charge in [0.15, 0.2) is 0 Å². The number of amides is 1. The van der Waals surface area contributed by atoms with Crippen molar-refractivity contribution in [3.63, 3.8) is 0 Å². The zero-order valence-electron chi connectivity index (χ0n) is 19.6. The molecule has 0 unspecified atom stereocenters. The number of ether oxygens (including phenoxy) is 1. The van der Waals surface area contributed by atoms with Crippen LogP contribution in [0.25, 0.3) is 11.3 Å². The van der Waals surface area contributed by atoms with Crippen molar-refractivity contribution in [1.82, 2.24) is 24.3 Å². The number of aromatic amines is 1. The lowest BCUT2D eigenvalue weighted by atomic mass is 10.1. The summed E-state index contributed by atoms with van der Waals surface area (Å²) >= 11 is 0. The second-order valence-electron chi connectivity index (χ2n) is 8.37. The predicted octanol–water partition coefficient (Wildman–Crippen LogP) is 2.29. The maximum absolute atomic E-state index is 13.0. The standard InChI is InChI=1S/C24H29N5O4S/c1-27(2)34(31,32)23-15-19(9-10-22(23)33-3)20-16-21(26-25-20)24(30)29-13-11-28(12-14-29)17-18-7-5-4-6-8-18/h4-10,15-16H,11-14,17H2,1-3H3,(H,25,26). The van der Waals surface area contributed by atoms with E-state index >= 15 is 0 Å². The minimum absolute atomic E-state index is 0.0444. The fourth-order valence-corrected chi connectivity index (χ4v) is 5.01. The van der Waals surface area contributed by atoms with E-state index in [0.29, 0.717) is 30.0 Å². The van der Waals surface area contributed by atoms with Crippen molar-refractivity contribution >= 4 is 15.9 Å². The number of rotatable bonds is 7. The van der Waals surface area contributed by atoms with Crippen LogP contribution in [0.3, 0.4) is 0 Å². The quantitative estimate of drug-likeness (QED) is 0.554. The van der Waals surface area contributed by atoms with Crippen molar-refractivity contribution < 1.29 is 17.9 Å². The highest BCUT2D eigenvalue weighted by molar-refractivity contribution is 7.89. The molecule has 0 spiro atoms. The summed E-state index contributed by atoms with van der Waals surface area (Å²) in [7, 11) is 0.640. The average molecular weight is 484 g/mol. The van der Waals surface area contributed by atoms with E-state index in [1.54, 1.807) is 18.2 Å². The summed E-state index contributed by atoms with van der Waals surface area (Å²) < 4.78 is 31.8. The van der Waals surface area contributed by atoms with E-state index in [1.165, 1.54) is 32.8 Å². The highest BCUT2D eigenvalue weighted by Crippen LogP contribution is 2.31. The number of carbonyl (C=O) groups is 1. The SMILES string of the molecule is COc1ccc(-c2cc(C(=O)N3CCN(Cc4ccccc4)CC3)[nH]n2)cc1S(=O)(=O)N(C)C. The number of aromatic nitrogens is 2. The largest absolute Gasteiger partial charge is 0.495 e. The molecule has 0 saturated carbocycles. The van der Waals surface area contributed by atoms with Gasteiger partial charge in [-0.3, -0.25) is 14.8 Å². The molecule has 0 bridgehead atoms. The number of nitrogens with one attached hydrogen (secondary N) is 1. The van der Waals surface area contributed by atoms with Crippen LogP contribution in [-0.2, 0) is 16.6 Å². The number of nitrogens with zero attached hydrogens (tertiary/aromatic N) is 4. The number of hydrogen-bond acceptors (Lipinski definition) is 6. The van der Waals surface area contributed by atoms with E-state index in [0.717, 1.165) is 23.9 Å². The molecule has 1 aliphatic heterocycles. The molecule has 180 valence electrons. The van der Waals surface area contributed by atoms with Gasteiger partial charge in [0.2, 0.25) is 10.0 Å². The van der Waals surface area contributed by atoms with Crippen molar-refractivity contribution in [2.45, 2.75) is 11.4 Å². The number of benzene rings is 2.